The van der Waals surface area contributed by atoms with E-state index in [4.69, 9.17) is 0 Å². The van der Waals surface area contributed by atoms with Crippen molar-refractivity contribution in [2.75, 3.05) is 13.1 Å². The van der Waals surface area contributed by atoms with Gasteiger partial charge in [0.25, 0.3) is 0 Å². The van der Waals surface area contributed by atoms with E-state index in [1.807, 2.05) is 0 Å². The number of nitrogens with one attached hydrogen (secondary N) is 1. The number of halogens is 1. The van der Waals surface area contributed by atoms with Crippen LogP contribution in [-0.2, 0) is 5.60 Å². The third kappa shape index (κ3) is 1.55. The molecule has 3 nitrogen and oxygen atoms in total. The molecule has 4 heteroatoms. The summed E-state index contributed by atoms with van der Waals surface area (Å²) in [5.41, 5.74) is -0.382. The summed E-state index contributed by atoms with van der Waals surface area (Å²) in [6.45, 7) is 1.23. The summed E-state index contributed by atoms with van der Waals surface area (Å²) < 4.78 is 12.8. The molecule has 1 aliphatic heterocycles. The van der Waals surface area contributed by atoms with E-state index in [0.29, 0.717) is 18.5 Å². The van der Waals surface area contributed by atoms with E-state index in [9.17, 15) is 9.50 Å². The van der Waals surface area contributed by atoms with E-state index in [0.717, 1.165) is 12.7 Å². The molecule has 1 fully saturated rings. The lowest BCUT2D eigenvalue weighted by molar-refractivity contribution is 0.0580. The van der Waals surface area contributed by atoms with Gasteiger partial charge in [0.15, 0.2) is 0 Å². The van der Waals surface area contributed by atoms with Crippen LogP contribution in [0.5, 0.6) is 0 Å². The maximum Gasteiger partial charge on any atom is 0.141 e. The molecule has 0 bridgehead atoms. The van der Waals surface area contributed by atoms with E-state index in [1.165, 1.54) is 12.3 Å². The Morgan fingerprint density at radius 3 is 3.00 bits per heavy atom. The summed E-state index contributed by atoms with van der Waals surface area (Å²) in [6, 6.07) is 1.33. The van der Waals surface area contributed by atoms with Gasteiger partial charge in [0.1, 0.15) is 11.4 Å². The summed E-state index contributed by atoms with van der Waals surface area (Å²) in [5, 5.41) is 13.0. The lowest BCUT2D eigenvalue weighted by Crippen LogP contribution is -2.28. The topological polar surface area (TPSA) is 45.2 Å². The van der Waals surface area contributed by atoms with Crippen LogP contribution in [0.3, 0.4) is 0 Å². The summed E-state index contributed by atoms with van der Waals surface area (Å²) >= 11 is 0. The summed E-state index contributed by atoms with van der Waals surface area (Å²) in [6.07, 6.45) is 3.25. The number of β-amino-alcohol motifs (C(OH)–C–C–N with tert-alkyl or cyclic N) is 1. The van der Waals surface area contributed by atoms with Crippen LogP contribution in [0, 0.1) is 5.82 Å². The molecule has 0 aromatic carbocycles. The Morgan fingerprint density at radius 2 is 2.38 bits per heavy atom. The first kappa shape index (κ1) is 8.59. The smallest absolute Gasteiger partial charge is 0.141 e. The highest BCUT2D eigenvalue weighted by Gasteiger charge is 2.33. The van der Waals surface area contributed by atoms with Gasteiger partial charge in [0.2, 0.25) is 0 Å². The highest BCUT2D eigenvalue weighted by atomic mass is 19.1. The predicted octanol–water partition coefficient (Wildman–Crippen LogP) is 0.402. The Labute approximate surface area is 75.6 Å². The van der Waals surface area contributed by atoms with E-state index in [-0.39, 0.29) is 0 Å². The van der Waals surface area contributed by atoms with Gasteiger partial charge >= 0.3 is 0 Å². The van der Waals surface area contributed by atoms with Crippen molar-refractivity contribution in [3.63, 3.8) is 0 Å². The molecule has 1 aromatic heterocycles. The third-order valence-electron chi connectivity index (χ3n) is 2.38. The molecule has 1 atom stereocenters. The van der Waals surface area contributed by atoms with Crippen LogP contribution >= 0.6 is 0 Å². The average Bonchev–Trinajstić information content (AvgIpc) is 2.54. The molecular formula is C9H11FN2O. The molecule has 1 aliphatic rings. The molecule has 1 unspecified atom stereocenters. The number of rotatable bonds is 1. The fourth-order valence-electron chi connectivity index (χ4n) is 1.59. The van der Waals surface area contributed by atoms with Gasteiger partial charge in [-0.05, 0) is 19.0 Å². The van der Waals surface area contributed by atoms with Crippen LogP contribution in [0.4, 0.5) is 4.39 Å². The van der Waals surface area contributed by atoms with Crippen LogP contribution in [0.2, 0.25) is 0 Å². The van der Waals surface area contributed by atoms with Crippen LogP contribution in [0.25, 0.3) is 0 Å². The van der Waals surface area contributed by atoms with E-state index >= 15 is 0 Å². The number of aliphatic hydroxyl groups is 1. The Morgan fingerprint density at radius 1 is 1.54 bits per heavy atom. The Hall–Kier alpha value is -1.00. The molecule has 70 valence electrons. The molecule has 0 radical (unpaired) electrons. The van der Waals surface area contributed by atoms with Crippen molar-refractivity contribution in [3.8, 4) is 0 Å². The van der Waals surface area contributed by atoms with Gasteiger partial charge in [0.05, 0.1) is 6.20 Å². The Balaban J connectivity index is 2.33. The molecule has 0 spiro atoms. The maximum atomic E-state index is 12.8. The van der Waals surface area contributed by atoms with Crippen molar-refractivity contribution in [2.45, 2.75) is 12.0 Å². The van der Waals surface area contributed by atoms with Crippen molar-refractivity contribution in [1.29, 1.82) is 0 Å². The first-order chi connectivity index (χ1) is 6.21. The largest absolute Gasteiger partial charge is 0.384 e. The van der Waals surface area contributed by atoms with Gasteiger partial charge in [-0.25, -0.2) is 4.39 Å². The second-order valence-electron chi connectivity index (χ2n) is 3.35. The first-order valence-corrected chi connectivity index (χ1v) is 4.25. The number of hydrogen-bond donors (Lipinski definition) is 2. The van der Waals surface area contributed by atoms with Crippen LogP contribution in [-0.4, -0.2) is 23.2 Å². The number of nitrogens with zero attached hydrogens (tertiary/aromatic N) is 1. The molecule has 0 amide bonds. The fraction of sp³-hybridized carbons (Fsp3) is 0.444. The van der Waals surface area contributed by atoms with Gasteiger partial charge in [0, 0.05) is 18.3 Å². The first-order valence-electron chi connectivity index (χ1n) is 4.25. The molecule has 2 heterocycles. The van der Waals surface area contributed by atoms with Gasteiger partial charge in [-0.3, -0.25) is 4.98 Å². The van der Waals surface area contributed by atoms with Crippen molar-refractivity contribution in [3.05, 3.63) is 29.8 Å². The fourth-order valence-corrected chi connectivity index (χ4v) is 1.59. The van der Waals surface area contributed by atoms with Crippen LogP contribution in [0.15, 0.2) is 18.5 Å². The summed E-state index contributed by atoms with van der Waals surface area (Å²) in [7, 11) is 0. The minimum absolute atomic E-state index is 0.405. The molecule has 2 N–H and O–H groups in total. The lowest BCUT2D eigenvalue weighted by Gasteiger charge is -2.20. The quantitative estimate of drug-likeness (QED) is 0.661. The highest BCUT2D eigenvalue weighted by molar-refractivity contribution is 5.20. The van der Waals surface area contributed by atoms with E-state index in [1.54, 1.807) is 0 Å². The standard InChI is InChI=1S/C9H11FN2O/c10-8-3-7(4-12-5-8)9(13)1-2-11-6-9/h3-5,11,13H,1-2,6H2. The maximum absolute atomic E-state index is 12.8. The Bertz CT molecular complexity index is 310. The molecular weight excluding hydrogens is 171 g/mol. The lowest BCUT2D eigenvalue weighted by atomic mass is 9.95. The van der Waals surface area contributed by atoms with E-state index in [2.05, 4.69) is 10.3 Å². The van der Waals surface area contributed by atoms with Gasteiger partial charge in [-0.15, -0.1) is 0 Å². The predicted molar refractivity (Wildman–Crippen MR) is 45.6 cm³/mol. The molecule has 1 saturated heterocycles. The molecule has 13 heavy (non-hydrogen) atoms. The second-order valence-corrected chi connectivity index (χ2v) is 3.35. The van der Waals surface area contributed by atoms with Crippen LogP contribution in [0.1, 0.15) is 12.0 Å². The monoisotopic (exact) mass is 182 g/mol. The van der Waals surface area contributed by atoms with Crippen molar-refractivity contribution >= 4 is 0 Å². The minimum atomic E-state index is -0.935. The van der Waals surface area contributed by atoms with Crippen molar-refractivity contribution in [2.24, 2.45) is 0 Å². The van der Waals surface area contributed by atoms with Crippen LogP contribution < -0.4 is 5.32 Å². The highest BCUT2D eigenvalue weighted by Crippen LogP contribution is 2.26. The zero-order valence-electron chi connectivity index (χ0n) is 7.13. The molecule has 1 aromatic rings. The minimum Gasteiger partial charge on any atom is -0.384 e. The van der Waals surface area contributed by atoms with Gasteiger partial charge in [-0.1, -0.05) is 0 Å². The zero-order chi connectivity index (χ0) is 9.31. The van der Waals surface area contributed by atoms with Gasteiger partial charge in [-0.2, -0.15) is 0 Å². The van der Waals surface area contributed by atoms with Gasteiger partial charge < -0.3 is 10.4 Å². The second kappa shape index (κ2) is 3.05. The summed E-state index contributed by atoms with van der Waals surface area (Å²) in [5.74, 6) is -0.405. The Kier molecular flexibility index (Phi) is 2.01. The van der Waals surface area contributed by atoms with E-state index < -0.39 is 11.4 Å². The summed E-state index contributed by atoms with van der Waals surface area (Å²) in [4.78, 5) is 3.71. The third-order valence-corrected chi connectivity index (χ3v) is 2.38. The zero-order valence-corrected chi connectivity index (χ0v) is 7.13. The molecule has 0 aliphatic carbocycles. The van der Waals surface area contributed by atoms with Crippen molar-refractivity contribution in [1.82, 2.24) is 10.3 Å². The number of aromatic nitrogens is 1. The molecule has 0 saturated carbocycles. The van der Waals surface area contributed by atoms with Crippen molar-refractivity contribution < 1.29 is 9.50 Å². The average molecular weight is 182 g/mol. The molecule has 2 rings (SSSR count). The number of hydrogen-bond acceptors (Lipinski definition) is 3. The SMILES string of the molecule is OC1(c2cncc(F)c2)CCNC1. The normalized spacial score (nSPS) is 27.8. The number of pyridine rings is 1.